The van der Waals surface area contributed by atoms with Crippen LogP contribution in [0.4, 0.5) is 4.39 Å². The lowest BCUT2D eigenvalue weighted by Crippen LogP contribution is -1.83. The van der Waals surface area contributed by atoms with Crippen LogP contribution in [0.1, 0.15) is 5.56 Å². The molecule has 0 N–H and O–H groups in total. The van der Waals surface area contributed by atoms with E-state index in [4.69, 9.17) is 0 Å². The summed E-state index contributed by atoms with van der Waals surface area (Å²) in [5.74, 6) is -0.190. The molecule has 0 atom stereocenters. The molecule has 0 aliphatic rings. The topological polar surface area (TPSA) is 0 Å². The fourth-order valence-corrected chi connectivity index (χ4v) is 1.66. The second kappa shape index (κ2) is 3.17. The normalized spacial score (nSPS) is 10.0. The summed E-state index contributed by atoms with van der Waals surface area (Å²) < 4.78 is 14.3. The lowest BCUT2D eigenvalue weighted by atomic mass is 10.2. The number of rotatable bonds is 0. The lowest BCUT2D eigenvalue weighted by molar-refractivity contribution is 0.618. The summed E-state index contributed by atoms with van der Waals surface area (Å²) in [7, 11) is 0. The quantitative estimate of drug-likeness (QED) is 0.508. The van der Waals surface area contributed by atoms with Crippen LogP contribution in [0.3, 0.4) is 0 Å². The van der Waals surface area contributed by atoms with Crippen molar-refractivity contribution in [2.75, 3.05) is 0 Å². The van der Waals surface area contributed by atoms with Gasteiger partial charge in [0.2, 0.25) is 0 Å². The summed E-state index contributed by atoms with van der Waals surface area (Å²) in [6.07, 6.45) is 0. The average molecular weight is 315 g/mol. The van der Waals surface area contributed by atoms with Gasteiger partial charge in [-0.3, -0.25) is 0 Å². The predicted molar refractivity (Wildman–Crippen MR) is 51.6 cm³/mol. The Morgan fingerprint density at radius 3 is 2.60 bits per heavy atom. The van der Waals surface area contributed by atoms with E-state index >= 15 is 0 Å². The maximum atomic E-state index is 12.8. The molecule has 0 radical (unpaired) electrons. The summed E-state index contributed by atoms with van der Waals surface area (Å²) in [6.45, 7) is 1.87. The van der Waals surface area contributed by atoms with Gasteiger partial charge in [-0.15, -0.1) is 0 Å². The van der Waals surface area contributed by atoms with Gasteiger partial charge in [-0.25, -0.2) is 4.39 Å². The van der Waals surface area contributed by atoms with Gasteiger partial charge in [0.1, 0.15) is 5.82 Å². The van der Waals surface area contributed by atoms with Gasteiger partial charge >= 0.3 is 0 Å². The van der Waals surface area contributed by atoms with Crippen LogP contribution in [0, 0.1) is 16.3 Å². The molecule has 0 nitrogen and oxygen atoms in total. The van der Waals surface area contributed by atoms with Gasteiger partial charge < -0.3 is 0 Å². The third-order valence-corrected chi connectivity index (χ3v) is 3.53. The Hall–Kier alpha value is 0.360. The Labute approximate surface area is 81.1 Å². The van der Waals surface area contributed by atoms with Gasteiger partial charge in [0.25, 0.3) is 0 Å². The minimum atomic E-state index is -0.190. The maximum absolute atomic E-state index is 12.8. The molecule has 0 fully saturated rings. The van der Waals surface area contributed by atoms with E-state index in [9.17, 15) is 4.39 Å². The smallest absolute Gasteiger partial charge is 0.138 e. The van der Waals surface area contributed by atoms with Gasteiger partial charge in [-0.2, -0.15) is 0 Å². The fourth-order valence-electron chi connectivity index (χ4n) is 0.682. The highest BCUT2D eigenvalue weighted by Gasteiger charge is 2.02. The first-order valence-electron chi connectivity index (χ1n) is 2.72. The molecular weight excluding hydrogens is 310 g/mol. The average Bonchev–Trinajstić information content (AvgIpc) is 1.82. The van der Waals surface area contributed by atoms with Crippen molar-refractivity contribution in [1.29, 1.82) is 0 Å². The Balaban J connectivity index is 3.31. The molecule has 3 heteroatoms. The number of aryl methyl sites for hydroxylation is 1. The highest BCUT2D eigenvalue weighted by molar-refractivity contribution is 14.1. The van der Waals surface area contributed by atoms with E-state index in [1.165, 1.54) is 6.07 Å². The SMILES string of the molecule is Cc1cc(F)c(Br)c(I)c1. The Bertz CT molecular complexity index is 237. The fraction of sp³-hybridized carbons (Fsp3) is 0.143. The van der Waals surface area contributed by atoms with Crippen LogP contribution in [0.25, 0.3) is 0 Å². The van der Waals surface area contributed by atoms with Crippen LogP contribution in [0.2, 0.25) is 0 Å². The van der Waals surface area contributed by atoms with Crippen LogP contribution >= 0.6 is 38.5 Å². The second-order valence-corrected chi connectivity index (χ2v) is 4.00. The van der Waals surface area contributed by atoms with E-state index in [1.807, 2.05) is 13.0 Å². The zero-order valence-corrected chi connectivity index (χ0v) is 9.03. The third-order valence-electron chi connectivity index (χ3n) is 1.13. The molecule has 0 bridgehead atoms. The van der Waals surface area contributed by atoms with E-state index < -0.39 is 0 Å². The van der Waals surface area contributed by atoms with Crippen LogP contribution in [-0.4, -0.2) is 0 Å². The van der Waals surface area contributed by atoms with E-state index in [0.29, 0.717) is 4.47 Å². The minimum absolute atomic E-state index is 0.190. The van der Waals surface area contributed by atoms with Crippen LogP contribution < -0.4 is 0 Å². The molecule has 0 saturated carbocycles. The Morgan fingerprint density at radius 2 is 2.10 bits per heavy atom. The molecule has 0 spiro atoms. The molecule has 1 aromatic carbocycles. The first kappa shape index (κ1) is 8.46. The molecule has 1 rings (SSSR count). The zero-order chi connectivity index (χ0) is 7.72. The Morgan fingerprint density at radius 1 is 1.50 bits per heavy atom. The molecule has 0 aliphatic heterocycles. The number of benzene rings is 1. The van der Waals surface area contributed by atoms with E-state index in [0.717, 1.165) is 9.13 Å². The summed E-state index contributed by atoms with van der Waals surface area (Å²) in [4.78, 5) is 0. The van der Waals surface area contributed by atoms with Crippen molar-refractivity contribution < 1.29 is 4.39 Å². The van der Waals surface area contributed by atoms with Crippen molar-refractivity contribution >= 4 is 38.5 Å². The lowest BCUT2D eigenvalue weighted by Gasteiger charge is -1.98. The van der Waals surface area contributed by atoms with Gasteiger partial charge in [-0.05, 0) is 63.1 Å². The standard InChI is InChI=1S/C7H5BrFI/c1-4-2-5(9)7(8)6(10)3-4/h2-3H,1H3. The van der Waals surface area contributed by atoms with Crippen molar-refractivity contribution in [3.63, 3.8) is 0 Å². The summed E-state index contributed by atoms with van der Waals surface area (Å²) in [5, 5.41) is 0. The Kier molecular flexibility index (Phi) is 2.68. The zero-order valence-electron chi connectivity index (χ0n) is 5.29. The monoisotopic (exact) mass is 314 g/mol. The summed E-state index contributed by atoms with van der Waals surface area (Å²) in [6, 6.07) is 3.43. The van der Waals surface area contributed by atoms with E-state index in [1.54, 1.807) is 0 Å². The molecule has 0 aromatic heterocycles. The minimum Gasteiger partial charge on any atom is -0.206 e. The van der Waals surface area contributed by atoms with Crippen LogP contribution in [-0.2, 0) is 0 Å². The molecule has 0 heterocycles. The van der Waals surface area contributed by atoms with Gasteiger partial charge in [0.05, 0.1) is 4.47 Å². The molecule has 10 heavy (non-hydrogen) atoms. The summed E-state index contributed by atoms with van der Waals surface area (Å²) in [5.41, 5.74) is 0.949. The van der Waals surface area contributed by atoms with Crippen molar-refractivity contribution in [2.24, 2.45) is 0 Å². The van der Waals surface area contributed by atoms with Crippen molar-refractivity contribution in [2.45, 2.75) is 6.92 Å². The number of hydrogen-bond donors (Lipinski definition) is 0. The predicted octanol–water partition coefficient (Wildman–Crippen LogP) is 3.50. The first-order chi connectivity index (χ1) is 4.61. The second-order valence-electron chi connectivity index (χ2n) is 2.04. The molecule has 0 unspecified atom stereocenters. The molecular formula is C7H5BrFI. The molecule has 0 aliphatic carbocycles. The first-order valence-corrected chi connectivity index (χ1v) is 4.59. The van der Waals surface area contributed by atoms with E-state index in [-0.39, 0.29) is 5.82 Å². The summed E-state index contributed by atoms with van der Waals surface area (Å²) >= 11 is 5.22. The highest BCUT2D eigenvalue weighted by Crippen LogP contribution is 2.23. The van der Waals surface area contributed by atoms with Crippen LogP contribution in [0.5, 0.6) is 0 Å². The molecule has 54 valence electrons. The molecule has 0 amide bonds. The van der Waals surface area contributed by atoms with Crippen molar-refractivity contribution in [3.05, 3.63) is 31.6 Å². The molecule has 0 saturated heterocycles. The van der Waals surface area contributed by atoms with E-state index in [2.05, 4.69) is 38.5 Å². The highest BCUT2D eigenvalue weighted by atomic mass is 127. The maximum Gasteiger partial charge on any atom is 0.138 e. The van der Waals surface area contributed by atoms with Crippen molar-refractivity contribution in [3.8, 4) is 0 Å². The van der Waals surface area contributed by atoms with Crippen molar-refractivity contribution in [1.82, 2.24) is 0 Å². The van der Waals surface area contributed by atoms with Gasteiger partial charge in [0, 0.05) is 3.57 Å². The number of hydrogen-bond acceptors (Lipinski definition) is 0. The van der Waals surface area contributed by atoms with Crippen LogP contribution in [0.15, 0.2) is 16.6 Å². The molecule has 1 aromatic rings. The van der Waals surface area contributed by atoms with Gasteiger partial charge in [0.15, 0.2) is 0 Å². The largest absolute Gasteiger partial charge is 0.206 e. The van der Waals surface area contributed by atoms with Gasteiger partial charge in [-0.1, -0.05) is 0 Å². The number of halogens is 3. The third kappa shape index (κ3) is 1.69.